The van der Waals surface area contributed by atoms with Gasteiger partial charge in [-0.15, -0.1) is 0 Å². The average molecular weight is 652 g/mol. The Morgan fingerprint density at radius 2 is 1.65 bits per heavy atom. The molecule has 10 atom stereocenters. The third-order valence-electron chi connectivity index (χ3n) is 6.48. The molecule has 2 aliphatic rings. The molecule has 22 nitrogen and oxygen atoms in total. The zero-order chi connectivity index (χ0) is 31.3. The Bertz CT molecular complexity index is 1640. The normalized spacial score (nSPS) is 32.1. The standard InChI is InChI=1S/C19H26N8O14P2/c20-9-1-2-26(19(32)25-9)18-13(31)14(7(3-28)38-18)40-43(35,36)41-42(33,34)37-4-8-11(29)12(30)17(39-8)27-6-24-10-15(21)22-5-23-16(10)27/h1-2,5-8,11-14,17-18,28-31H,3-4H2,(H,33,34)(H,35,36)(H2,20,25,32)(H2,21,22,23)/t7-,8-,11-,12-,13-,14-,17-,18-/m1/s1. The van der Waals surface area contributed by atoms with Crippen molar-refractivity contribution < 1.29 is 62.2 Å². The van der Waals surface area contributed by atoms with E-state index in [1.165, 1.54) is 17.0 Å². The fraction of sp³-hybridized carbons (Fsp3) is 0.526. The highest BCUT2D eigenvalue weighted by Crippen LogP contribution is 2.62. The van der Waals surface area contributed by atoms with Crippen molar-refractivity contribution >= 4 is 38.4 Å². The third kappa shape index (κ3) is 6.33. The van der Waals surface area contributed by atoms with Gasteiger partial charge in [-0.2, -0.15) is 9.29 Å². The van der Waals surface area contributed by atoms with E-state index in [2.05, 4.69) is 24.2 Å². The zero-order valence-corrected chi connectivity index (χ0v) is 23.3. The van der Waals surface area contributed by atoms with Crippen LogP contribution in [0.5, 0.6) is 0 Å². The molecule has 3 aromatic rings. The molecule has 2 fully saturated rings. The van der Waals surface area contributed by atoms with E-state index < -0.39 is 83.6 Å². The number of imidazole rings is 1. The zero-order valence-electron chi connectivity index (χ0n) is 21.5. The summed E-state index contributed by atoms with van der Waals surface area (Å²) in [6.07, 6.45) is -9.40. The maximum absolute atomic E-state index is 12.6. The summed E-state index contributed by atoms with van der Waals surface area (Å²) in [7, 11) is -11.0. The molecule has 0 radical (unpaired) electrons. The number of aliphatic hydroxyl groups excluding tert-OH is 4. The van der Waals surface area contributed by atoms with Gasteiger partial charge in [-0.25, -0.2) is 28.9 Å². The predicted octanol–water partition coefficient (Wildman–Crippen LogP) is -3.26. The number of ether oxygens (including phenoxy) is 2. The van der Waals surface area contributed by atoms with Crippen molar-refractivity contribution in [3.63, 3.8) is 0 Å². The van der Waals surface area contributed by atoms with E-state index >= 15 is 0 Å². The van der Waals surface area contributed by atoms with Crippen LogP contribution in [0.2, 0.25) is 0 Å². The lowest BCUT2D eigenvalue weighted by Crippen LogP contribution is -2.37. The second kappa shape index (κ2) is 11.9. The minimum atomic E-state index is -5.56. The van der Waals surface area contributed by atoms with E-state index in [0.717, 1.165) is 17.1 Å². The minimum Gasteiger partial charge on any atom is -0.394 e. The first-order chi connectivity index (χ1) is 20.2. The van der Waals surface area contributed by atoms with Crippen molar-refractivity contribution in [2.75, 3.05) is 24.7 Å². The lowest BCUT2D eigenvalue weighted by Gasteiger charge is -2.23. The molecule has 0 amide bonds. The van der Waals surface area contributed by atoms with Gasteiger partial charge in [0.15, 0.2) is 23.9 Å². The summed E-state index contributed by atoms with van der Waals surface area (Å²) >= 11 is 0. The number of aromatic nitrogens is 6. The van der Waals surface area contributed by atoms with Crippen molar-refractivity contribution in [1.29, 1.82) is 0 Å². The van der Waals surface area contributed by atoms with Crippen LogP contribution in [0, 0.1) is 0 Å². The van der Waals surface area contributed by atoms with E-state index in [4.69, 9.17) is 30.0 Å². The molecule has 10 N–H and O–H groups in total. The van der Waals surface area contributed by atoms with Gasteiger partial charge >= 0.3 is 21.3 Å². The molecule has 0 saturated carbocycles. The van der Waals surface area contributed by atoms with Gasteiger partial charge in [-0.3, -0.25) is 18.2 Å². The molecule has 236 valence electrons. The highest BCUT2D eigenvalue weighted by Gasteiger charge is 2.51. The van der Waals surface area contributed by atoms with Crippen LogP contribution in [0.3, 0.4) is 0 Å². The summed E-state index contributed by atoms with van der Waals surface area (Å²) in [5.74, 6) is -0.0953. The van der Waals surface area contributed by atoms with Gasteiger partial charge in [0.05, 0.1) is 19.5 Å². The SMILES string of the molecule is Nc1ccn([C@@H]2O[C@H](CO)[C@@H](OP(=O)(O)OP(=O)(O)OC[C@H]3O[C@@H](n4cnc5c(N)ncnc54)[C@H](O)[C@@H]3O)[C@H]2O)c(=O)n1. The van der Waals surface area contributed by atoms with Crippen LogP contribution in [-0.2, 0) is 32.0 Å². The molecule has 43 heavy (non-hydrogen) atoms. The molecule has 2 unspecified atom stereocenters. The molecule has 0 aliphatic carbocycles. The Kier molecular flexibility index (Phi) is 8.68. The van der Waals surface area contributed by atoms with Crippen molar-refractivity contribution in [2.24, 2.45) is 0 Å². The summed E-state index contributed by atoms with van der Waals surface area (Å²) in [5.41, 5.74) is 10.5. The monoisotopic (exact) mass is 652 g/mol. The Hall–Kier alpha value is -2.95. The average Bonchev–Trinajstić information content (AvgIpc) is 3.57. The quantitative estimate of drug-likeness (QED) is 0.0996. The number of phosphoric acid groups is 2. The summed E-state index contributed by atoms with van der Waals surface area (Å²) in [6.45, 7) is -1.82. The number of anilines is 2. The number of rotatable bonds is 10. The molecule has 0 aromatic carbocycles. The third-order valence-corrected chi connectivity index (χ3v) is 9.11. The molecular weight excluding hydrogens is 626 g/mol. The van der Waals surface area contributed by atoms with E-state index in [9.17, 15) is 44.1 Å². The molecule has 0 spiro atoms. The van der Waals surface area contributed by atoms with Crippen LogP contribution in [0.1, 0.15) is 12.5 Å². The van der Waals surface area contributed by atoms with Crippen LogP contribution < -0.4 is 17.2 Å². The Morgan fingerprint density at radius 1 is 0.953 bits per heavy atom. The summed E-state index contributed by atoms with van der Waals surface area (Å²) in [6, 6.07) is 1.20. The molecule has 24 heteroatoms. The summed E-state index contributed by atoms with van der Waals surface area (Å²) in [5, 5.41) is 41.2. The number of phosphoric ester groups is 2. The topological polar surface area (TPSA) is 332 Å². The Morgan fingerprint density at radius 3 is 2.35 bits per heavy atom. The number of nitrogen functional groups attached to an aromatic ring is 2. The molecule has 5 heterocycles. The molecule has 5 rings (SSSR count). The highest BCUT2D eigenvalue weighted by molar-refractivity contribution is 7.61. The van der Waals surface area contributed by atoms with Gasteiger partial charge in [-0.1, -0.05) is 0 Å². The van der Waals surface area contributed by atoms with Crippen molar-refractivity contribution in [2.45, 2.75) is 49.1 Å². The van der Waals surface area contributed by atoms with E-state index in [-0.39, 0.29) is 22.8 Å². The van der Waals surface area contributed by atoms with Crippen LogP contribution in [0.15, 0.2) is 29.7 Å². The second-order valence-corrected chi connectivity index (χ2v) is 12.3. The van der Waals surface area contributed by atoms with E-state index in [1.54, 1.807) is 0 Å². The fourth-order valence-electron chi connectivity index (χ4n) is 4.49. The van der Waals surface area contributed by atoms with E-state index in [1.807, 2.05) is 0 Å². The van der Waals surface area contributed by atoms with Crippen LogP contribution in [0.4, 0.5) is 11.6 Å². The number of fused-ring (bicyclic) bond motifs is 1. The highest BCUT2D eigenvalue weighted by atomic mass is 31.3. The van der Waals surface area contributed by atoms with Gasteiger partial charge in [-0.05, 0) is 6.07 Å². The minimum absolute atomic E-state index is 0.0411. The first kappa shape index (κ1) is 31.5. The van der Waals surface area contributed by atoms with Crippen LogP contribution in [0.25, 0.3) is 11.2 Å². The lowest BCUT2D eigenvalue weighted by atomic mass is 10.1. The second-order valence-electron chi connectivity index (χ2n) is 9.29. The molecular formula is C19H26N8O14P2. The molecule has 0 bridgehead atoms. The van der Waals surface area contributed by atoms with Crippen LogP contribution >= 0.6 is 15.6 Å². The maximum Gasteiger partial charge on any atom is 0.481 e. The first-order valence-corrected chi connectivity index (χ1v) is 15.1. The fourth-order valence-corrected chi connectivity index (χ4v) is 6.78. The smallest absolute Gasteiger partial charge is 0.394 e. The van der Waals surface area contributed by atoms with Crippen molar-refractivity contribution in [3.05, 3.63) is 35.4 Å². The number of nitrogens with zero attached hydrogens (tertiary/aromatic N) is 6. The number of hydrogen-bond donors (Lipinski definition) is 8. The summed E-state index contributed by atoms with van der Waals surface area (Å²) in [4.78, 5) is 47.7. The van der Waals surface area contributed by atoms with Gasteiger partial charge in [0.25, 0.3) is 0 Å². The first-order valence-electron chi connectivity index (χ1n) is 12.1. The van der Waals surface area contributed by atoms with Gasteiger partial charge in [0, 0.05) is 6.20 Å². The number of aliphatic hydroxyl groups is 4. The summed E-state index contributed by atoms with van der Waals surface area (Å²) < 4.78 is 51.9. The lowest BCUT2D eigenvalue weighted by molar-refractivity contribution is -0.0550. The number of nitrogens with two attached hydrogens (primary N) is 2. The Balaban J connectivity index is 1.22. The maximum atomic E-state index is 12.6. The Labute approximate surface area is 239 Å². The molecule has 2 aliphatic heterocycles. The van der Waals surface area contributed by atoms with Gasteiger partial charge in [0.2, 0.25) is 0 Å². The van der Waals surface area contributed by atoms with Gasteiger partial charge in [0.1, 0.15) is 54.3 Å². The van der Waals surface area contributed by atoms with E-state index in [0.29, 0.717) is 0 Å². The predicted molar refractivity (Wildman–Crippen MR) is 137 cm³/mol. The molecule has 3 aromatic heterocycles. The van der Waals surface area contributed by atoms with Crippen LogP contribution in [-0.4, -0.2) is 109 Å². The largest absolute Gasteiger partial charge is 0.481 e. The van der Waals surface area contributed by atoms with Gasteiger partial charge < -0.3 is 51.2 Å². The van der Waals surface area contributed by atoms with Crippen molar-refractivity contribution in [1.82, 2.24) is 29.1 Å². The molecule has 2 saturated heterocycles. The number of hydrogen-bond acceptors (Lipinski definition) is 18. The van der Waals surface area contributed by atoms with Crippen molar-refractivity contribution in [3.8, 4) is 0 Å².